The van der Waals surface area contributed by atoms with Gasteiger partial charge in [-0.25, -0.2) is 4.98 Å². The summed E-state index contributed by atoms with van der Waals surface area (Å²) in [4.78, 5) is 19.3. The van der Waals surface area contributed by atoms with Crippen molar-refractivity contribution in [1.82, 2.24) is 14.3 Å². The topological polar surface area (TPSA) is 50.8 Å². The molecule has 3 aromatic heterocycles. The van der Waals surface area contributed by atoms with Crippen molar-refractivity contribution in [2.75, 3.05) is 13.1 Å². The summed E-state index contributed by atoms with van der Waals surface area (Å²) in [6.07, 6.45) is 7.34. The lowest BCUT2D eigenvalue weighted by atomic mass is 10.0. The number of hydrogen-bond donors (Lipinski definition) is 0. The summed E-state index contributed by atoms with van der Waals surface area (Å²) in [7, 11) is 0. The molecule has 0 aliphatic carbocycles. The van der Waals surface area contributed by atoms with E-state index in [2.05, 4.69) is 21.6 Å². The quantitative estimate of drug-likeness (QED) is 0.357. The fourth-order valence-electron chi connectivity index (χ4n) is 4.53. The van der Waals surface area contributed by atoms with Crippen LogP contribution in [-0.2, 0) is 0 Å². The van der Waals surface area contributed by atoms with Crippen molar-refractivity contribution < 1.29 is 9.21 Å². The first-order chi connectivity index (χ1) is 15.8. The van der Waals surface area contributed by atoms with Gasteiger partial charge in [-0.1, -0.05) is 30.3 Å². The van der Waals surface area contributed by atoms with Gasteiger partial charge in [-0.2, -0.15) is 0 Å². The molecular formula is C27H23N3O2. The van der Waals surface area contributed by atoms with E-state index in [9.17, 15) is 4.79 Å². The number of para-hydroxylation sites is 1. The van der Waals surface area contributed by atoms with E-state index in [1.807, 2.05) is 71.8 Å². The standard InChI is InChI=1S/C27H23N3O2/c31-27(29-14-4-1-5-15-29)20-10-8-19(9-11-20)22-12-13-26-28-17-23(30(26)18-22)25-16-21-6-2-3-7-24(21)32-25/h2-3,6-13,16-18H,1,4-5,14-15H2. The minimum atomic E-state index is 0.133. The molecule has 158 valence electrons. The first-order valence-electron chi connectivity index (χ1n) is 11.1. The third-order valence-electron chi connectivity index (χ3n) is 6.29. The summed E-state index contributed by atoms with van der Waals surface area (Å²) in [5.74, 6) is 0.923. The van der Waals surface area contributed by atoms with Crippen molar-refractivity contribution in [1.29, 1.82) is 0 Å². The molecule has 0 N–H and O–H groups in total. The number of hydrogen-bond acceptors (Lipinski definition) is 3. The van der Waals surface area contributed by atoms with Crippen molar-refractivity contribution in [3.05, 3.63) is 84.7 Å². The molecular weight excluding hydrogens is 398 g/mol. The highest BCUT2D eigenvalue weighted by Crippen LogP contribution is 2.30. The molecule has 1 saturated heterocycles. The molecule has 2 aromatic carbocycles. The van der Waals surface area contributed by atoms with Gasteiger partial charge in [0.2, 0.25) is 0 Å². The Kier molecular flexibility index (Phi) is 4.53. The van der Waals surface area contributed by atoms with Crippen LogP contribution in [0.3, 0.4) is 0 Å². The number of furan rings is 1. The molecule has 1 fully saturated rings. The van der Waals surface area contributed by atoms with Crippen LogP contribution in [-0.4, -0.2) is 33.3 Å². The van der Waals surface area contributed by atoms with E-state index in [0.717, 1.165) is 70.7 Å². The second-order valence-electron chi connectivity index (χ2n) is 8.37. The number of carbonyl (C=O) groups is 1. The molecule has 5 aromatic rings. The fraction of sp³-hybridized carbons (Fsp3) is 0.185. The van der Waals surface area contributed by atoms with Crippen LogP contribution in [0.15, 0.2) is 83.5 Å². The van der Waals surface area contributed by atoms with E-state index in [-0.39, 0.29) is 5.91 Å². The van der Waals surface area contributed by atoms with Gasteiger partial charge in [-0.05, 0) is 66.8 Å². The second-order valence-corrected chi connectivity index (χ2v) is 8.37. The number of aromatic nitrogens is 2. The number of imidazole rings is 1. The Morgan fingerprint density at radius 1 is 0.875 bits per heavy atom. The summed E-state index contributed by atoms with van der Waals surface area (Å²) in [6, 6.07) is 22.0. The number of amides is 1. The molecule has 0 bridgehead atoms. The molecule has 0 radical (unpaired) electrons. The summed E-state index contributed by atoms with van der Waals surface area (Å²) < 4.78 is 8.12. The van der Waals surface area contributed by atoms with E-state index in [1.165, 1.54) is 6.42 Å². The Labute approximate surface area is 185 Å². The van der Waals surface area contributed by atoms with Gasteiger partial charge in [0, 0.05) is 30.2 Å². The van der Waals surface area contributed by atoms with Crippen molar-refractivity contribution in [3.63, 3.8) is 0 Å². The predicted molar refractivity (Wildman–Crippen MR) is 126 cm³/mol. The number of carbonyl (C=O) groups excluding carboxylic acids is 1. The summed E-state index contributed by atoms with van der Waals surface area (Å²) in [6.45, 7) is 1.73. The molecule has 32 heavy (non-hydrogen) atoms. The van der Waals surface area contributed by atoms with E-state index < -0.39 is 0 Å². The molecule has 4 heterocycles. The highest BCUT2D eigenvalue weighted by atomic mass is 16.3. The number of piperidine rings is 1. The van der Waals surface area contributed by atoms with Crippen molar-refractivity contribution in [2.45, 2.75) is 19.3 Å². The maximum Gasteiger partial charge on any atom is 0.253 e. The van der Waals surface area contributed by atoms with Gasteiger partial charge in [-0.3, -0.25) is 9.20 Å². The third-order valence-corrected chi connectivity index (χ3v) is 6.29. The zero-order chi connectivity index (χ0) is 21.5. The Morgan fingerprint density at radius 3 is 2.47 bits per heavy atom. The fourth-order valence-corrected chi connectivity index (χ4v) is 4.53. The van der Waals surface area contributed by atoms with Gasteiger partial charge in [0.25, 0.3) is 5.91 Å². The number of fused-ring (bicyclic) bond motifs is 2. The lowest BCUT2D eigenvalue weighted by Crippen LogP contribution is -2.35. The molecule has 1 aliphatic heterocycles. The molecule has 5 nitrogen and oxygen atoms in total. The van der Waals surface area contributed by atoms with Crippen LogP contribution in [0, 0.1) is 0 Å². The summed E-state index contributed by atoms with van der Waals surface area (Å²) in [5.41, 5.74) is 5.51. The van der Waals surface area contributed by atoms with Crippen LogP contribution in [0.4, 0.5) is 0 Å². The number of rotatable bonds is 3. The predicted octanol–water partition coefficient (Wildman–Crippen LogP) is 6.04. The van der Waals surface area contributed by atoms with E-state index in [0.29, 0.717) is 0 Å². The zero-order valence-corrected chi connectivity index (χ0v) is 17.7. The molecule has 5 heteroatoms. The van der Waals surface area contributed by atoms with E-state index >= 15 is 0 Å². The molecule has 6 rings (SSSR count). The van der Waals surface area contributed by atoms with Crippen molar-refractivity contribution >= 4 is 22.5 Å². The minimum Gasteiger partial charge on any atom is -0.454 e. The lowest BCUT2D eigenvalue weighted by Gasteiger charge is -2.26. The van der Waals surface area contributed by atoms with Gasteiger partial charge in [0.15, 0.2) is 5.76 Å². The van der Waals surface area contributed by atoms with E-state index in [1.54, 1.807) is 0 Å². The first-order valence-corrected chi connectivity index (χ1v) is 11.1. The number of likely N-dealkylation sites (tertiary alicyclic amines) is 1. The maximum absolute atomic E-state index is 12.8. The van der Waals surface area contributed by atoms with Crippen LogP contribution in [0.2, 0.25) is 0 Å². The molecule has 1 amide bonds. The van der Waals surface area contributed by atoms with Gasteiger partial charge in [-0.15, -0.1) is 0 Å². The highest BCUT2D eigenvalue weighted by Gasteiger charge is 2.18. The van der Waals surface area contributed by atoms with Crippen molar-refractivity contribution in [2.24, 2.45) is 0 Å². The third kappa shape index (κ3) is 3.26. The number of nitrogens with zero attached hydrogens (tertiary/aromatic N) is 3. The van der Waals surface area contributed by atoms with Gasteiger partial charge < -0.3 is 9.32 Å². The van der Waals surface area contributed by atoms with Crippen LogP contribution < -0.4 is 0 Å². The SMILES string of the molecule is O=C(c1ccc(-c2ccc3ncc(-c4cc5ccccc5o4)n3c2)cc1)N1CCCCC1. The molecule has 0 unspecified atom stereocenters. The number of benzene rings is 2. The molecule has 1 aliphatic rings. The van der Waals surface area contributed by atoms with Crippen LogP contribution in [0.5, 0.6) is 0 Å². The van der Waals surface area contributed by atoms with E-state index in [4.69, 9.17) is 4.42 Å². The first kappa shape index (κ1) is 18.9. The summed E-state index contributed by atoms with van der Waals surface area (Å²) in [5, 5.41) is 1.07. The van der Waals surface area contributed by atoms with Crippen LogP contribution in [0.1, 0.15) is 29.6 Å². The average Bonchev–Trinajstić information content (AvgIpc) is 3.47. The van der Waals surface area contributed by atoms with Crippen molar-refractivity contribution in [3.8, 4) is 22.6 Å². The molecule has 0 saturated carbocycles. The Bertz CT molecular complexity index is 1390. The maximum atomic E-state index is 12.8. The zero-order valence-electron chi connectivity index (χ0n) is 17.7. The minimum absolute atomic E-state index is 0.133. The molecule has 0 spiro atoms. The Balaban J connectivity index is 1.33. The molecule has 0 atom stereocenters. The van der Waals surface area contributed by atoms with Gasteiger partial charge in [0.05, 0.1) is 6.20 Å². The van der Waals surface area contributed by atoms with Gasteiger partial charge in [0.1, 0.15) is 16.9 Å². The van der Waals surface area contributed by atoms with Crippen LogP contribution >= 0.6 is 0 Å². The monoisotopic (exact) mass is 421 g/mol. The highest BCUT2D eigenvalue weighted by molar-refractivity contribution is 5.94. The average molecular weight is 422 g/mol. The Hall–Kier alpha value is -3.86. The van der Waals surface area contributed by atoms with Crippen LogP contribution in [0.25, 0.3) is 39.2 Å². The van der Waals surface area contributed by atoms with Gasteiger partial charge >= 0.3 is 0 Å². The second kappa shape index (κ2) is 7.68. The smallest absolute Gasteiger partial charge is 0.253 e. The largest absolute Gasteiger partial charge is 0.454 e. The number of pyridine rings is 1. The Morgan fingerprint density at radius 2 is 1.66 bits per heavy atom. The normalized spacial score (nSPS) is 14.3. The summed E-state index contributed by atoms with van der Waals surface area (Å²) >= 11 is 0. The lowest BCUT2D eigenvalue weighted by molar-refractivity contribution is 0.0724.